The number of H-pyrrole nitrogens is 1. The van der Waals surface area contributed by atoms with E-state index in [0.29, 0.717) is 23.9 Å². The lowest BCUT2D eigenvalue weighted by Crippen LogP contribution is -2.45. The molecule has 1 saturated carbocycles. The van der Waals surface area contributed by atoms with Gasteiger partial charge in [0.05, 0.1) is 11.8 Å². The number of carbonyl (C=O) groups excluding carboxylic acids is 2. The number of carbonyl (C=O) groups is 2. The quantitative estimate of drug-likeness (QED) is 0.820. The highest BCUT2D eigenvalue weighted by atomic mass is 16.2. The van der Waals surface area contributed by atoms with E-state index in [1.165, 1.54) is 0 Å². The van der Waals surface area contributed by atoms with E-state index in [1.807, 2.05) is 9.58 Å². The van der Waals surface area contributed by atoms with E-state index < -0.39 is 0 Å². The summed E-state index contributed by atoms with van der Waals surface area (Å²) in [6.45, 7) is 1.49. The van der Waals surface area contributed by atoms with E-state index in [0.717, 1.165) is 50.9 Å². The summed E-state index contributed by atoms with van der Waals surface area (Å²) in [7, 11) is 0. The Labute approximate surface area is 162 Å². The molecule has 0 bridgehead atoms. The van der Waals surface area contributed by atoms with Crippen molar-refractivity contribution in [2.24, 2.45) is 11.8 Å². The molecular weight excluding hydrogens is 358 g/mol. The van der Waals surface area contributed by atoms with E-state index in [4.69, 9.17) is 0 Å². The summed E-state index contributed by atoms with van der Waals surface area (Å²) in [5.41, 5.74) is 0.550. The van der Waals surface area contributed by atoms with Crippen molar-refractivity contribution in [1.29, 1.82) is 0 Å². The predicted octanol–water partition coefficient (Wildman–Crippen LogP) is 0.936. The predicted molar refractivity (Wildman–Crippen MR) is 99.2 cm³/mol. The van der Waals surface area contributed by atoms with Crippen molar-refractivity contribution in [2.45, 2.75) is 50.6 Å². The van der Waals surface area contributed by atoms with Crippen molar-refractivity contribution < 1.29 is 9.59 Å². The molecule has 3 aliphatic rings. The molecule has 0 radical (unpaired) electrons. The normalized spacial score (nSPS) is 29.2. The maximum atomic E-state index is 13.3. The summed E-state index contributed by atoms with van der Waals surface area (Å²) in [5.74, 6) is 1.73. The van der Waals surface area contributed by atoms with Crippen LogP contribution in [0.3, 0.4) is 0 Å². The Morgan fingerprint density at radius 3 is 2.96 bits per heavy atom. The van der Waals surface area contributed by atoms with Gasteiger partial charge in [0.15, 0.2) is 0 Å². The monoisotopic (exact) mass is 383 g/mol. The lowest BCUT2D eigenvalue weighted by atomic mass is 9.78. The molecule has 4 atom stereocenters. The summed E-state index contributed by atoms with van der Waals surface area (Å²) in [6.07, 6.45) is 10.5. The first-order valence-electron chi connectivity index (χ1n) is 10.2. The van der Waals surface area contributed by atoms with Gasteiger partial charge in [-0.05, 0) is 31.6 Å². The minimum Gasteiger partial charge on any atom is -0.349 e. The van der Waals surface area contributed by atoms with E-state index in [9.17, 15) is 9.59 Å². The molecule has 28 heavy (non-hydrogen) atoms. The first-order chi connectivity index (χ1) is 13.7. The highest BCUT2D eigenvalue weighted by Crippen LogP contribution is 2.38. The number of aromatic amines is 1. The lowest BCUT2D eigenvalue weighted by Gasteiger charge is -2.33. The van der Waals surface area contributed by atoms with Crippen molar-refractivity contribution in [2.75, 3.05) is 13.1 Å². The fraction of sp³-hybridized carbons (Fsp3) is 0.632. The second-order valence-corrected chi connectivity index (χ2v) is 8.19. The van der Waals surface area contributed by atoms with Crippen molar-refractivity contribution in [3.63, 3.8) is 0 Å². The Bertz CT molecular complexity index is 862. The molecule has 2 aromatic heterocycles. The molecule has 2 aliphatic heterocycles. The van der Waals surface area contributed by atoms with Crippen LogP contribution in [0.1, 0.15) is 54.3 Å². The van der Waals surface area contributed by atoms with E-state index in [2.05, 4.69) is 25.6 Å². The van der Waals surface area contributed by atoms with Crippen LogP contribution in [-0.2, 0) is 11.2 Å². The summed E-state index contributed by atoms with van der Waals surface area (Å²) in [6, 6.07) is -0.127. The standard InChI is InChI=1S/C19H25N7O2/c27-18(13-7-21-22-8-13)24-15-4-1-3-12-9-25(10-14(12)15)19(28)16-5-2-6-17-20-11-23-26(16)17/h7-8,11-12,14-16H,1-6,9-10H2,(H,21,22)(H,24,27). The molecule has 2 fully saturated rings. The SMILES string of the molecule is O=C(NC1CCCC2CN(C(=O)C3CCCc4ncnn43)CC21)c1cn[nH]c1. The molecule has 2 amide bonds. The van der Waals surface area contributed by atoms with Gasteiger partial charge in [-0.15, -0.1) is 0 Å². The number of amides is 2. The molecule has 0 aromatic carbocycles. The Balaban J connectivity index is 1.29. The Morgan fingerprint density at radius 1 is 1.18 bits per heavy atom. The second-order valence-electron chi connectivity index (χ2n) is 8.19. The van der Waals surface area contributed by atoms with E-state index in [1.54, 1.807) is 18.7 Å². The Kier molecular flexibility index (Phi) is 4.37. The van der Waals surface area contributed by atoms with Gasteiger partial charge in [-0.2, -0.15) is 10.2 Å². The summed E-state index contributed by atoms with van der Waals surface area (Å²) >= 11 is 0. The van der Waals surface area contributed by atoms with E-state index in [-0.39, 0.29) is 23.9 Å². The molecule has 148 valence electrons. The Hall–Kier alpha value is -2.71. The minimum atomic E-state index is -0.231. The van der Waals surface area contributed by atoms with Crippen molar-refractivity contribution in [3.8, 4) is 0 Å². The minimum absolute atomic E-state index is 0.0938. The Morgan fingerprint density at radius 2 is 2.11 bits per heavy atom. The van der Waals surface area contributed by atoms with Crippen LogP contribution in [0.5, 0.6) is 0 Å². The number of rotatable bonds is 3. The third-order valence-electron chi connectivity index (χ3n) is 6.59. The third-order valence-corrected chi connectivity index (χ3v) is 6.59. The topological polar surface area (TPSA) is 109 Å². The van der Waals surface area contributed by atoms with Crippen LogP contribution < -0.4 is 5.32 Å². The zero-order valence-corrected chi connectivity index (χ0v) is 15.8. The number of likely N-dealkylation sites (tertiary alicyclic amines) is 1. The number of hydrogen-bond donors (Lipinski definition) is 2. The molecule has 9 nitrogen and oxygen atoms in total. The van der Waals surface area contributed by atoms with Gasteiger partial charge in [-0.1, -0.05) is 6.42 Å². The van der Waals surface area contributed by atoms with Crippen LogP contribution in [0.4, 0.5) is 0 Å². The number of aryl methyl sites for hydroxylation is 1. The highest BCUT2D eigenvalue weighted by molar-refractivity contribution is 5.93. The van der Waals surface area contributed by atoms with E-state index >= 15 is 0 Å². The third kappa shape index (κ3) is 2.98. The first-order valence-corrected chi connectivity index (χ1v) is 10.2. The molecule has 5 rings (SSSR count). The largest absolute Gasteiger partial charge is 0.349 e. The highest BCUT2D eigenvalue weighted by Gasteiger charge is 2.44. The van der Waals surface area contributed by atoms with Crippen LogP contribution in [0.25, 0.3) is 0 Å². The van der Waals surface area contributed by atoms with Gasteiger partial charge in [0.1, 0.15) is 18.2 Å². The van der Waals surface area contributed by atoms with Gasteiger partial charge < -0.3 is 10.2 Å². The van der Waals surface area contributed by atoms with Crippen LogP contribution >= 0.6 is 0 Å². The average Bonchev–Trinajstić information content (AvgIpc) is 3.47. The first kappa shape index (κ1) is 17.4. The summed E-state index contributed by atoms with van der Waals surface area (Å²) in [4.78, 5) is 32.0. The molecule has 0 spiro atoms. The molecule has 4 unspecified atom stereocenters. The molecular formula is C19H25N7O2. The van der Waals surface area contributed by atoms with Gasteiger partial charge in [-0.25, -0.2) is 9.67 Å². The van der Waals surface area contributed by atoms with Gasteiger partial charge >= 0.3 is 0 Å². The molecule has 9 heteroatoms. The zero-order valence-electron chi connectivity index (χ0n) is 15.8. The number of nitrogens with one attached hydrogen (secondary N) is 2. The van der Waals surface area contributed by atoms with Gasteiger partial charge in [0.25, 0.3) is 5.91 Å². The molecule has 2 N–H and O–H groups in total. The molecule has 1 saturated heterocycles. The maximum Gasteiger partial charge on any atom is 0.254 e. The molecule has 2 aromatic rings. The average molecular weight is 383 g/mol. The fourth-order valence-electron chi connectivity index (χ4n) is 5.19. The number of hydrogen-bond acceptors (Lipinski definition) is 5. The number of fused-ring (bicyclic) bond motifs is 2. The zero-order chi connectivity index (χ0) is 19.1. The van der Waals surface area contributed by atoms with Crippen molar-refractivity contribution in [3.05, 3.63) is 30.1 Å². The van der Waals surface area contributed by atoms with Crippen LogP contribution in [-0.4, -0.2) is 60.8 Å². The van der Waals surface area contributed by atoms with Gasteiger partial charge in [0, 0.05) is 37.7 Å². The maximum absolute atomic E-state index is 13.3. The van der Waals surface area contributed by atoms with Crippen LogP contribution in [0.2, 0.25) is 0 Å². The molecule has 4 heterocycles. The number of aromatic nitrogens is 5. The second kappa shape index (κ2) is 7.03. The van der Waals surface area contributed by atoms with Crippen molar-refractivity contribution in [1.82, 2.24) is 35.2 Å². The van der Waals surface area contributed by atoms with Crippen LogP contribution in [0, 0.1) is 11.8 Å². The lowest BCUT2D eigenvalue weighted by molar-refractivity contribution is -0.134. The number of nitrogens with zero attached hydrogens (tertiary/aromatic N) is 5. The smallest absolute Gasteiger partial charge is 0.254 e. The fourth-order valence-corrected chi connectivity index (χ4v) is 5.19. The van der Waals surface area contributed by atoms with Crippen molar-refractivity contribution >= 4 is 11.8 Å². The van der Waals surface area contributed by atoms with Crippen LogP contribution in [0.15, 0.2) is 18.7 Å². The summed E-state index contributed by atoms with van der Waals surface area (Å²) in [5, 5.41) is 14.0. The molecule has 1 aliphatic carbocycles. The van der Waals surface area contributed by atoms with Gasteiger partial charge in [-0.3, -0.25) is 14.7 Å². The summed E-state index contributed by atoms with van der Waals surface area (Å²) < 4.78 is 1.81. The van der Waals surface area contributed by atoms with Gasteiger partial charge in [0.2, 0.25) is 5.91 Å².